The molecule has 2 nitrogen and oxygen atoms in total. The van der Waals surface area contributed by atoms with Crippen molar-refractivity contribution in [3.8, 4) is 5.75 Å². The second kappa shape index (κ2) is 2.48. The molecule has 60 valence electrons. The predicted molar refractivity (Wildman–Crippen MR) is 48.1 cm³/mol. The first kappa shape index (κ1) is 7.10. The van der Waals surface area contributed by atoms with Crippen LogP contribution in [0, 0.1) is 6.92 Å². The molecule has 0 fully saturated rings. The molecule has 0 radical (unpaired) electrons. The Hall–Kier alpha value is -1.57. The summed E-state index contributed by atoms with van der Waals surface area (Å²) in [4.78, 5) is 4.00. The summed E-state index contributed by atoms with van der Waals surface area (Å²) < 4.78 is 0. The molecular formula is C10H9NO. The van der Waals surface area contributed by atoms with Crippen molar-refractivity contribution in [3.63, 3.8) is 0 Å². The zero-order valence-corrected chi connectivity index (χ0v) is 6.78. The number of nitrogens with zero attached hydrogens (tertiary/aromatic N) is 1. The Morgan fingerprint density at radius 1 is 1.25 bits per heavy atom. The van der Waals surface area contributed by atoms with Crippen LogP contribution in [0.3, 0.4) is 0 Å². The first-order valence-electron chi connectivity index (χ1n) is 3.81. The number of fused-ring (bicyclic) bond motifs is 1. The second-order valence-corrected chi connectivity index (χ2v) is 2.81. The highest BCUT2D eigenvalue weighted by Crippen LogP contribution is 2.24. The van der Waals surface area contributed by atoms with Crippen LogP contribution in [0.1, 0.15) is 5.56 Å². The fourth-order valence-corrected chi connectivity index (χ4v) is 1.31. The first-order chi connectivity index (χ1) is 5.79. The molecule has 0 atom stereocenters. The maximum Gasteiger partial charge on any atom is 0.119 e. The van der Waals surface area contributed by atoms with E-state index in [1.807, 2.05) is 19.1 Å². The lowest BCUT2D eigenvalue weighted by atomic mass is 10.1. The molecule has 2 rings (SSSR count). The Morgan fingerprint density at radius 2 is 2.08 bits per heavy atom. The molecule has 1 N–H and O–H groups in total. The molecule has 0 saturated heterocycles. The van der Waals surface area contributed by atoms with Gasteiger partial charge >= 0.3 is 0 Å². The third-order valence-corrected chi connectivity index (χ3v) is 2.06. The summed E-state index contributed by atoms with van der Waals surface area (Å²) >= 11 is 0. The van der Waals surface area contributed by atoms with E-state index in [4.69, 9.17) is 0 Å². The van der Waals surface area contributed by atoms with Crippen molar-refractivity contribution in [3.05, 3.63) is 36.2 Å². The summed E-state index contributed by atoms with van der Waals surface area (Å²) in [6.45, 7) is 1.90. The van der Waals surface area contributed by atoms with Crippen molar-refractivity contribution in [2.45, 2.75) is 6.92 Å². The largest absolute Gasteiger partial charge is 0.508 e. The summed E-state index contributed by atoms with van der Waals surface area (Å²) in [6, 6.07) is 5.47. The topological polar surface area (TPSA) is 33.1 Å². The summed E-state index contributed by atoms with van der Waals surface area (Å²) in [6.07, 6.45) is 3.52. The molecule has 1 heterocycles. The van der Waals surface area contributed by atoms with Crippen molar-refractivity contribution < 1.29 is 5.11 Å². The van der Waals surface area contributed by atoms with Crippen molar-refractivity contribution in [1.29, 1.82) is 0 Å². The fraction of sp³-hybridized carbons (Fsp3) is 0.100. The van der Waals surface area contributed by atoms with Crippen molar-refractivity contribution in [2.24, 2.45) is 0 Å². The molecule has 1 aromatic carbocycles. The van der Waals surface area contributed by atoms with Gasteiger partial charge in [0.05, 0.1) is 0 Å². The Labute approximate surface area is 70.5 Å². The molecule has 12 heavy (non-hydrogen) atoms. The maximum absolute atomic E-state index is 9.40. The predicted octanol–water partition coefficient (Wildman–Crippen LogP) is 2.25. The van der Waals surface area contributed by atoms with E-state index in [-0.39, 0.29) is 0 Å². The lowest BCUT2D eigenvalue weighted by Gasteiger charge is -2.02. The Bertz CT molecular complexity index is 423. The Kier molecular flexibility index (Phi) is 1.47. The number of aryl methyl sites for hydroxylation is 1. The zero-order chi connectivity index (χ0) is 8.55. The van der Waals surface area contributed by atoms with Crippen molar-refractivity contribution >= 4 is 10.8 Å². The highest BCUT2D eigenvalue weighted by Gasteiger charge is 2.00. The van der Waals surface area contributed by atoms with E-state index in [1.165, 1.54) is 0 Å². The smallest absolute Gasteiger partial charge is 0.119 e. The van der Waals surface area contributed by atoms with Crippen LogP contribution in [0.15, 0.2) is 30.6 Å². The molecule has 2 aromatic rings. The lowest BCUT2D eigenvalue weighted by molar-refractivity contribution is 0.472. The molecule has 0 amide bonds. The number of aromatic nitrogens is 1. The van der Waals surface area contributed by atoms with Gasteiger partial charge in [0.1, 0.15) is 5.75 Å². The van der Waals surface area contributed by atoms with E-state index in [0.29, 0.717) is 5.75 Å². The monoisotopic (exact) mass is 159 g/mol. The summed E-state index contributed by atoms with van der Waals surface area (Å²) in [5.41, 5.74) is 0.912. The van der Waals surface area contributed by atoms with Crippen LogP contribution in [0.25, 0.3) is 10.8 Å². The van der Waals surface area contributed by atoms with Crippen molar-refractivity contribution in [1.82, 2.24) is 4.98 Å². The van der Waals surface area contributed by atoms with Crippen LogP contribution in [-0.2, 0) is 0 Å². The molecule has 0 unspecified atom stereocenters. The minimum atomic E-state index is 0.341. The molecule has 0 aliphatic carbocycles. The van der Waals surface area contributed by atoms with Gasteiger partial charge in [-0.05, 0) is 36.1 Å². The standard InChI is InChI=1S/C10H9NO/c1-7-9-4-5-11-6-8(9)2-3-10(7)12/h2-6,12H,1H3. The van der Waals surface area contributed by atoms with Gasteiger partial charge in [0.25, 0.3) is 0 Å². The van der Waals surface area contributed by atoms with Gasteiger partial charge in [-0.3, -0.25) is 4.98 Å². The van der Waals surface area contributed by atoms with Crippen LogP contribution >= 0.6 is 0 Å². The molecule has 0 aliphatic rings. The number of hydrogen-bond donors (Lipinski definition) is 1. The van der Waals surface area contributed by atoms with Gasteiger partial charge in [-0.25, -0.2) is 0 Å². The number of rotatable bonds is 0. The third-order valence-electron chi connectivity index (χ3n) is 2.06. The Morgan fingerprint density at radius 3 is 2.92 bits per heavy atom. The number of phenolic OH excluding ortho intramolecular Hbond substituents is 1. The van der Waals surface area contributed by atoms with Crippen LogP contribution in [0.2, 0.25) is 0 Å². The zero-order valence-electron chi connectivity index (χ0n) is 6.78. The number of aromatic hydroxyl groups is 1. The lowest BCUT2D eigenvalue weighted by Crippen LogP contribution is -1.80. The van der Waals surface area contributed by atoms with Gasteiger partial charge in [0.2, 0.25) is 0 Å². The van der Waals surface area contributed by atoms with E-state index in [1.54, 1.807) is 18.5 Å². The van der Waals surface area contributed by atoms with Crippen LogP contribution in [-0.4, -0.2) is 10.1 Å². The maximum atomic E-state index is 9.40. The molecule has 0 aliphatic heterocycles. The number of hydrogen-bond acceptors (Lipinski definition) is 2. The van der Waals surface area contributed by atoms with E-state index in [9.17, 15) is 5.11 Å². The average Bonchev–Trinajstić information content (AvgIpc) is 2.12. The number of phenols is 1. The van der Waals surface area contributed by atoms with Gasteiger partial charge in [0.15, 0.2) is 0 Å². The highest BCUT2D eigenvalue weighted by molar-refractivity contribution is 5.86. The van der Waals surface area contributed by atoms with Gasteiger partial charge < -0.3 is 5.11 Å². The second-order valence-electron chi connectivity index (χ2n) is 2.81. The minimum Gasteiger partial charge on any atom is -0.508 e. The van der Waals surface area contributed by atoms with E-state index in [0.717, 1.165) is 16.3 Å². The van der Waals surface area contributed by atoms with E-state index < -0.39 is 0 Å². The number of pyridine rings is 1. The third kappa shape index (κ3) is 0.925. The first-order valence-corrected chi connectivity index (χ1v) is 3.81. The van der Waals surface area contributed by atoms with Crippen molar-refractivity contribution in [2.75, 3.05) is 0 Å². The molecule has 0 spiro atoms. The van der Waals surface area contributed by atoms with Gasteiger partial charge in [-0.2, -0.15) is 0 Å². The van der Waals surface area contributed by atoms with Crippen LogP contribution in [0.5, 0.6) is 5.75 Å². The average molecular weight is 159 g/mol. The summed E-state index contributed by atoms with van der Waals surface area (Å²) in [5.74, 6) is 0.341. The van der Waals surface area contributed by atoms with Gasteiger partial charge in [0, 0.05) is 17.8 Å². The molecule has 0 bridgehead atoms. The van der Waals surface area contributed by atoms with E-state index in [2.05, 4.69) is 4.98 Å². The molecule has 1 aromatic heterocycles. The molecular weight excluding hydrogens is 150 g/mol. The SMILES string of the molecule is Cc1c(O)ccc2cnccc12. The molecule has 2 heteroatoms. The quantitative estimate of drug-likeness (QED) is 0.639. The highest BCUT2D eigenvalue weighted by atomic mass is 16.3. The minimum absolute atomic E-state index is 0.341. The molecule has 0 saturated carbocycles. The van der Waals surface area contributed by atoms with Crippen LogP contribution < -0.4 is 0 Å². The summed E-state index contributed by atoms with van der Waals surface area (Å²) in [5, 5.41) is 11.5. The van der Waals surface area contributed by atoms with Crippen LogP contribution in [0.4, 0.5) is 0 Å². The summed E-state index contributed by atoms with van der Waals surface area (Å²) in [7, 11) is 0. The van der Waals surface area contributed by atoms with Gasteiger partial charge in [-0.1, -0.05) is 0 Å². The fourth-order valence-electron chi connectivity index (χ4n) is 1.31. The number of benzene rings is 1. The van der Waals surface area contributed by atoms with Gasteiger partial charge in [-0.15, -0.1) is 0 Å². The normalized spacial score (nSPS) is 10.4. The van der Waals surface area contributed by atoms with E-state index >= 15 is 0 Å². The Balaban J connectivity index is 2.91.